The molecular formula is C16H18BrNO. The minimum Gasteiger partial charge on any atom is -0.496 e. The van der Waals surface area contributed by atoms with E-state index in [0.29, 0.717) is 0 Å². The Hall–Kier alpha value is -1.32. The third-order valence-electron chi connectivity index (χ3n) is 3.23. The second kappa shape index (κ2) is 5.76. The van der Waals surface area contributed by atoms with Crippen LogP contribution in [0.3, 0.4) is 0 Å². The molecule has 2 aromatic rings. The summed E-state index contributed by atoms with van der Waals surface area (Å²) in [6.07, 6.45) is 0. The minimum absolute atomic E-state index is 0.187. The molecule has 2 nitrogen and oxygen atoms in total. The smallest absolute Gasteiger partial charge is 0.124 e. The molecule has 2 N–H and O–H groups in total. The average Bonchev–Trinajstić information content (AvgIpc) is 2.37. The van der Waals surface area contributed by atoms with Crippen LogP contribution in [0.15, 0.2) is 40.9 Å². The summed E-state index contributed by atoms with van der Waals surface area (Å²) in [7, 11) is 1.69. The highest BCUT2D eigenvalue weighted by Crippen LogP contribution is 2.33. The van der Waals surface area contributed by atoms with Crippen molar-refractivity contribution in [3.63, 3.8) is 0 Å². The Bertz CT molecular complexity index is 595. The monoisotopic (exact) mass is 319 g/mol. The number of ether oxygens (including phenoxy) is 1. The summed E-state index contributed by atoms with van der Waals surface area (Å²) >= 11 is 3.48. The summed E-state index contributed by atoms with van der Waals surface area (Å²) in [4.78, 5) is 0. The van der Waals surface area contributed by atoms with Crippen LogP contribution < -0.4 is 10.5 Å². The largest absolute Gasteiger partial charge is 0.496 e. The molecule has 0 bridgehead atoms. The lowest BCUT2D eigenvalue weighted by molar-refractivity contribution is 0.407. The fourth-order valence-electron chi connectivity index (χ4n) is 2.37. The second-order valence-corrected chi connectivity index (χ2v) is 5.65. The molecule has 0 fully saturated rings. The maximum Gasteiger partial charge on any atom is 0.124 e. The zero-order chi connectivity index (χ0) is 14.0. The summed E-state index contributed by atoms with van der Waals surface area (Å²) in [5.74, 6) is 0.852. The Morgan fingerprint density at radius 1 is 1.16 bits per heavy atom. The molecule has 0 amide bonds. The molecule has 1 unspecified atom stereocenters. The van der Waals surface area contributed by atoms with E-state index in [1.807, 2.05) is 30.3 Å². The molecule has 0 spiro atoms. The Balaban J connectivity index is 2.52. The normalized spacial score (nSPS) is 12.3. The lowest BCUT2D eigenvalue weighted by Crippen LogP contribution is -2.14. The molecule has 19 heavy (non-hydrogen) atoms. The molecule has 1 atom stereocenters. The number of nitrogens with two attached hydrogens (primary N) is 1. The average molecular weight is 320 g/mol. The van der Waals surface area contributed by atoms with Crippen molar-refractivity contribution in [3.8, 4) is 5.75 Å². The molecule has 100 valence electrons. The van der Waals surface area contributed by atoms with Gasteiger partial charge in [-0.05, 0) is 48.7 Å². The fourth-order valence-corrected chi connectivity index (χ4v) is 2.79. The lowest BCUT2D eigenvalue weighted by Gasteiger charge is -2.19. The van der Waals surface area contributed by atoms with Gasteiger partial charge >= 0.3 is 0 Å². The number of methoxy groups -OCH3 is 1. The first-order valence-electron chi connectivity index (χ1n) is 6.19. The molecule has 0 aromatic heterocycles. The predicted molar refractivity (Wildman–Crippen MR) is 82.6 cm³/mol. The fraction of sp³-hybridized carbons (Fsp3) is 0.250. The van der Waals surface area contributed by atoms with Gasteiger partial charge in [0.2, 0.25) is 0 Å². The molecule has 3 heteroatoms. The quantitative estimate of drug-likeness (QED) is 0.923. The number of aryl methyl sites for hydroxylation is 2. The van der Waals surface area contributed by atoms with E-state index in [2.05, 4.69) is 35.8 Å². The van der Waals surface area contributed by atoms with Crippen molar-refractivity contribution in [2.75, 3.05) is 7.11 Å². The third kappa shape index (κ3) is 2.99. The topological polar surface area (TPSA) is 35.2 Å². The second-order valence-electron chi connectivity index (χ2n) is 4.73. The van der Waals surface area contributed by atoms with E-state index in [9.17, 15) is 0 Å². The number of hydrogen-bond donors (Lipinski definition) is 1. The van der Waals surface area contributed by atoms with Crippen LogP contribution >= 0.6 is 15.9 Å². The predicted octanol–water partition coefficient (Wildman–Crippen LogP) is 4.12. The molecule has 0 aliphatic carbocycles. The van der Waals surface area contributed by atoms with E-state index >= 15 is 0 Å². The summed E-state index contributed by atoms with van der Waals surface area (Å²) < 4.78 is 6.52. The maximum absolute atomic E-state index is 6.41. The first-order valence-corrected chi connectivity index (χ1v) is 6.98. The number of halogens is 1. The number of hydrogen-bond acceptors (Lipinski definition) is 2. The Morgan fingerprint density at radius 2 is 1.89 bits per heavy atom. The van der Waals surface area contributed by atoms with E-state index in [0.717, 1.165) is 26.9 Å². The Kier molecular flexibility index (Phi) is 4.27. The highest BCUT2D eigenvalue weighted by Gasteiger charge is 2.17. The maximum atomic E-state index is 6.41. The van der Waals surface area contributed by atoms with Crippen LogP contribution in [0, 0.1) is 13.8 Å². The van der Waals surface area contributed by atoms with Gasteiger partial charge in [0, 0.05) is 10.0 Å². The van der Waals surface area contributed by atoms with Gasteiger partial charge < -0.3 is 10.5 Å². The molecule has 2 aromatic carbocycles. The van der Waals surface area contributed by atoms with Gasteiger partial charge in [-0.1, -0.05) is 34.1 Å². The van der Waals surface area contributed by atoms with E-state index in [1.54, 1.807) is 7.11 Å². The van der Waals surface area contributed by atoms with Crippen LogP contribution in [0.2, 0.25) is 0 Å². The van der Waals surface area contributed by atoms with Crippen LogP contribution in [0.5, 0.6) is 5.75 Å². The molecule has 2 rings (SSSR count). The van der Waals surface area contributed by atoms with Gasteiger partial charge in [-0.25, -0.2) is 0 Å². The standard InChI is InChI=1S/C16H18BrNO/c1-10-7-11(2)15(14(8-10)19-3)16(18)12-5-4-6-13(17)9-12/h4-9,16H,18H2,1-3H3. The van der Waals surface area contributed by atoms with Crippen LogP contribution in [0.25, 0.3) is 0 Å². The highest BCUT2D eigenvalue weighted by molar-refractivity contribution is 9.10. The van der Waals surface area contributed by atoms with Gasteiger partial charge in [0.15, 0.2) is 0 Å². The third-order valence-corrected chi connectivity index (χ3v) is 3.73. The zero-order valence-corrected chi connectivity index (χ0v) is 13.0. The van der Waals surface area contributed by atoms with Crippen molar-refractivity contribution in [3.05, 3.63) is 63.1 Å². The van der Waals surface area contributed by atoms with Crippen LogP contribution in [-0.4, -0.2) is 7.11 Å². The molecule has 0 saturated carbocycles. The molecule has 0 radical (unpaired) electrons. The van der Waals surface area contributed by atoms with Crippen molar-refractivity contribution in [2.45, 2.75) is 19.9 Å². The van der Waals surface area contributed by atoms with Crippen LogP contribution in [0.1, 0.15) is 28.3 Å². The first-order chi connectivity index (χ1) is 9.02. The van der Waals surface area contributed by atoms with Crippen molar-refractivity contribution in [2.24, 2.45) is 5.73 Å². The molecule has 0 saturated heterocycles. The van der Waals surface area contributed by atoms with Crippen molar-refractivity contribution < 1.29 is 4.74 Å². The van der Waals surface area contributed by atoms with Crippen LogP contribution in [0.4, 0.5) is 0 Å². The highest BCUT2D eigenvalue weighted by atomic mass is 79.9. The minimum atomic E-state index is -0.187. The lowest BCUT2D eigenvalue weighted by atomic mass is 9.93. The van der Waals surface area contributed by atoms with Gasteiger partial charge in [-0.15, -0.1) is 0 Å². The van der Waals surface area contributed by atoms with Gasteiger partial charge in [0.25, 0.3) is 0 Å². The number of rotatable bonds is 3. The van der Waals surface area contributed by atoms with E-state index < -0.39 is 0 Å². The Morgan fingerprint density at radius 3 is 2.53 bits per heavy atom. The summed E-state index contributed by atoms with van der Waals surface area (Å²) in [5, 5.41) is 0. The van der Waals surface area contributed by atoms with Crippen molar-refractivity contribution in [1.29, 1.82) is 0 Å². The molecule has 0 aliphatic heterocycles. The van der Waals surface area contributed by atoms with E-state index in [4.69, 9.17) is 10.5 Å². The Labute approximate surface area is 122 Å². The van der Waals surface area contributed by atoms with Crippen molar-refractivity contribution >= 4 is 15.9 Å². The summed E-state index contributed by atoms with van der Waals surface area (Å²) in [6.45, 7) is 4.13. The number of benzene rings is 2. The van der Waals surface area contributed by atoms with E-state index in [-0.39, 0.29) is 6.04 Å². The zero-order valence-electron chi connectivity index (χ0n) is 11.4. The summed E-state index contributed by atoms with van der Waals surface area (Å²) in [5.41, 5.74) is 10.9. The van der Waals surface area contributed by atoms with Gasteiger partial charge in [0.1, 0.15) is 5.75 Å². The van der Waals surface area contributed by atoms with Crippen molar-refractivity contribution in [1.82, 2.24) is 0 Å². The van der Waals surface area contributed by atoms with Gasteiger partial charge in [0.05, 0.1) is 13.2 Å². The SMILES string of the molecule is COc1cc(C)cc(C)c1C(N)c1cccc(Br)c1. The molecule has 0 heterocycles. The molecule has 0 aliphatic rings. The van der Waals surface area contributed by atoms with Gasteiger partial charge in [-0.3, -0.25) is 0 Å². The van der Waals surface area contributed by atoms with Crippen LogP contribution in [-0.2, 0) is 0 Å². The van der Waals surface area contributed by atoms with E-state index in [1.165, 1.54) is 5.56 Å². The van der Waals surface area contributed by atoms with Gasteiger partial charge in [-0.2, -0.15) is 0 Å². The molecular weight excluding hydrogens is 302 g/mol. The first kappa shape index (κ1) is 14.1. The summed E-state index contributed by atoms with van der Waals surface area (Å²) in [6, 6.07) is 12.0.